The maximum atomic E-state index is 6.13. The van der Waals surface area contributed by atoms with Gasteiger partial charge in [0.05, 0.1) is 16.3 Å². The Balaban J connectivity index is 1.77. The number of fused-ring (bicyclic) bond motifs is 3. The molecule has 3 heteroatoms. The van der Waals surface area contributed by atoms with Crippen molar-refractivity contribution in [2.24, 2.45) is 0 Å². The topological polar surface area (TPSA) is 16.4 Å². The van der Waals surface area contributed by atoms with Gasteiger partial charge in [0.1, 0.15) is 5.76 Å². The minimum atomic E-state index is 0.968. The van der Waals surface area contributed by atoms with Crippen molar-refractivity contribution >= 4 is 29.0 Å². The number of hydrogen-bond donors (Lipinski definition) is 0. The molecule has 0 amide bonds. The fourth-order valence-corrected chi connectivity index (χ4v) is 4.97. The average molecular weight is 333 g/mol. The minimum Gasteiger partial charge on any atom is -0.444 e. The van der Waals surface area contributed by atoms with Gasteiger partial charge in [-0.25, -0.2) is 0 Å². The largest absolute Gasteiger partial charge is 0.444 e. The van der Waals surface area contributed by atoms with Crippen LogP contribution in [0.5, 0.6) is 0 Å². The van der Waals surface area contributed by atoms with Crippen LogP contribution >= 0.6 is 11.8 Å². The standard InChI is InChI=1S/C21H19NOS/c1-14-13-20-21(23-14)22(18-10-4-5-12-19(18)24-20)17-11-6-8-15-7-2-3-9-16(15)17/h4-6,8,10-13H,2-3,7,9H2,1H3. The first-order valence-corrected chi connectivity index (χ1v) is 9.41. The molecule has 2 heterocycles. The van der Waals surface area contributed by atoms with Gasteiger partial charge in [-0.15, -0.1) is 0 Å². The summed E-state index contributed by atoms with van der Waals surface area (Å²) in [6, 6.07) is 17.5. The van der Waals surface area contributed by atoms with E-state index in [0.717, 1.165) is 18.1 Å². The number of rotatable bonds is 1. The molecule has 120 valence electrons. The predicted octanol–water partition coefficient (Wildman–Crippen LogP) is 6.40. The van der Waals surface area contributed by atoms with Crippen LogP contribution in [0.4, 0.5) is 17.3 Å². The van der Waals surface area contributed by atoms with Crippen molar-refractivity contribution < 1.29 is 4.42 Å². The minimum absolute atomic E-state index is 0.968. The summed E-state index contributed by atoms with van der Waals surface area (Å²) in [4.78, 5) is 4.83. The van der Waals surface area contributed by atoms with Gasteiger partial charge in [-0.1, -0.05) is 36.0 Å². The van der Waals surface area contributed by atoms with Crippen molar-refractivity contribution in [3.05, 3.63) is 65.4 Å². The fraction of sp³-hybridized carbons (Fsp3) is 0.238. The van der Waals surface area contributed by atoms with Crippen molar-refractivity contribution in [1.29, 1.82) is 0 Å². The highest BCUT2D eigenvalue weighted by atomic mass is 32.2. The molecule has 1 aliphatic carbocycles. The van der Waals surface area contributed by atoms with Gasteiger partial charge in [-0.2, -0.15) is 0 Å². The lowest BCUT2D eigenvalue weighted by Crippen LogP contribution is -2.17. The zero-order chi connectivity index (χ0) is 16.1. The Bertz CT molecular complexity index is 927. The van der Waals surface area contributed by atoms with Gasteiger partial charge in [0, 0.05) is 4.90 Å². The highest BCUT2D eigenvalue weighted by molar-refractivity contribution is 7.99. The fourth-order valence-electron chi connectivity index (χ4n) is 3.87. The first-order chi connectivity index (χ1) is 11.8. The van der Waals surface area contributed by atoms with Gasteiger partial charge < -0.3 is 4.42 Å². The Labute approximate surface area is 146 Å². The summed E-state index contributed by atoms with van der Waals surface area (Å²) in [5.74, 6) is 1.94. The van der Waals surface area contributed by atoms with Crippen LogP contribution in [0.2, 0.25) is 0 Å². The van der Waals surface area contributed by atoms with E-state index in [0.29, 0.717) is 0 Å². The predicted molar refractivity (Wildman–Crippen MR) is 98.9 cm³/mol. The molecular formula is C21H19NOS. The van der Waals surface area contributed by atoms with E-state index in [1.807, 2.05) is 6.92 Å². The van der Waals surface area contributed by atoms with Crippen LogP contribution in [0.1, 0.15) is 29.7 Å². The molecule has 0 bridgehead atoms. The molecule has 3 aromatic rings. The number of benzene rings is 2. The average Bonchev–Trinajstić information content (AvgIpc) is 2.99. The number of aryl methyl sites for hydroxylation is 2. The molecule has 0 saturated heterocycles. The first-order valence-electron chi connectivity index (χ1n) is 8.59. The zero-order valence-corrected chi connectivity index (χ0v) is 14.5. The van der Waals surface area contributed by atoms with Crippen molar-refractivity contribution in [2.45, 2.75) is 42.4 Å². The Hall–Kier alpha value is -2.13. The van der Waals surface area contributed by atoms with Crippen molar-refractivity contribution in [3.63, 3.8) is 0 Å². The summed E-state index contributed by atoms with van der Waals surface area (Å²) in [5.41, 5.74) is 5.50. The molecule has 0 radical (unpaired) electrons. The first kappa shape index (κ1) is 14.2. The third-order valence-corrected chi connectivity index (χ3v) is 6.02. The molecule has 2 nitrogen and oxygen atoms in total. The quantitative estimate of drug-likeness (QED) is 0.401. The van der Waals surface area contributed by atoms with Gasteiger partial charge in [0.2, 0.25) is 5.88 Å². The van der Waals surface area contributed by atoms with Gasteiger partial charge in [-0.3, -0.25) is 4.90 Å². The summed E-state index contributed by atoms with van der Waals surface area (Å²) >= 11 is 1.80. The normalized spacial score (nSPS) is 15.6. The summed E-state index contributed by atoms with van der Waals surface area (Å²) in [6.07, 6.45) is 4.93. The van der Waals surface area contributed by atoms with E-state index in [-0.39, 0.29) is 0 Å². The Morgan fingerprint density at radius 1 is 0.917 bits per heavy atom. The van der Waals surface area contributed by atoms with Crippen LogP contribution in [-0.4, -0.2) is 0 Å². The van der Waals surface area contributed by atoms with Crippen LogP contribution in [-0.2, 0) is 12.8 Å². The molecular weight excluding hydrogens is 314 g/mol. The van der Waals surface area contributed by atoms with Gasteiger partial charge in [0.25, 0.3) is 0 Å². The monoisotopic (exact) mass is 333 g/mol. The zero-order valence-electron chi connectivity index (χ0n) is 13.7. The maximum absolute atomic E-state index is 6.13. The lowest BCUT2D eigenvalue weighted by molar-refractivity contribution is 0.536. The summed E-state index contributed by atoms with van der Waals surface area (Å²) in [6.45, 7) is 2.03. The molecule has 5 rings (SSSR count). The molecule has 2 aliphatic rings. The molecule has 1 aliphatic heterocycles. The molecule has 0 unspecified atom stereocenters. The molecule has 1 aromatic heterocycles. The van der Waals surface area contributed by atoms with Crippen LogP contribution < -0.4 is 4.90 Å². The van der Waals surface area contributed by atoms with E-state index in [1.54, 1.807) is 11.8 Å². The number of nitrogens with zero attached hydrogens (tertiary/aromatic N) is 1. The van der Waals surface area contributed by atoms with Crippen LogP contribution in [0.3, 0.4) is 0 Å². The van der Waals surface area contributed by atoms with E-state index in [2.05, 4.69) is 53.4 Å². The molecule has 0 N–H and O–H groups in total. The van der Waals surface area contributed by atoms with Crippen LogP contribution in [0.15, 0.2) is 62.7 Å². The van der Waals surface area contributed by atoms with Crippen LogP contribution in [0, 0.1) is 6.92 Å². The Morgan fingerprint density at radius 2 is 1.75 bits per heavy atom. The van der Waals surface area contributed by atoms with Gasteiger partial charge in [0.15, 0.2) is 0 Å². The second-order valence-electron chi connectivity index (χ2n) is 6.55. The van der Waals surface area contributed by atoms with Crippen molar-refractivity contribution in [1.82, 2.24) is 0 Å². The molecule has 0 spiro atoms. The van der Waals surface area contributed by atoms with E-state index >= 15 is 0 Å². The van der Waals surface area contributed by atoms with E-state index in [9.17, 15) is 0 Å². The SMILES string of the molecule is Cc1cc2c(o1)N(c1cccc3c1CCCC3)c1ccccc1S2. The molecule has 0 atom stereocenters. The Kier molecular flexibility index (Phi) is 3.23. The van der Waals surface area contributed by atoms with Crippen LogP contribution in [0.25, 0.3) is 0 Å². The van der Waals surface area contributed by atoms with Gasteiger partial charge in [-0.05, 0) is 68.0 Å². The second kappa shape index (κ2) is 5.45. The Morgan fingerprint density at radius 3 is 2.71 bits per heavy atom. The molecule has 24 heavy (non-hydrogen) atoms. The summed E-state index contributed by atoms with van der Waals surface area (Å²) in [7, 11) is 0. The second-order valence-corrected chi connectivity index (χ2v) is 7.64. The van der Waals surface area contributed by atoms with Crippen molar-refractivity contribution in [2.75, 3.05) is 4.90 Å². The van der Waals surface area contributed by atoms with E-state index in [1.165, 1.54) is 51.6 Å². The molecule has 0 saturated carbocycles. The van der Waals surface area contributed by atoms with E-state index < -0.39 is 0 Å². The lowest BCUT2D eigenvalue weighted by Gasteiger charge is -2.32. The smallest absolute Gasteiger partial charge is 0.218 e. The maximum Gasteiger partial charge on any atom is 0.218 e. The number of anilines is 3. The number of hydrogen-bond acceptors (Lipinski definition) is 3. The molecule has 0 fully saturated rings. The third kappa shape index (κ3) is 2.11. The molecule has 2 aromatic carbocycles. The number of para-hydroxylation sites is 1. The number of furan rings is 1. The summed E-state index contributed by atoms with van der Waals surface area (Å²) in [5, 5.41) is 0. The summed E-state index contributed by atoms with van der Waals surface area (Å²) < 4.78 is 6.13. The third-order valence-electron chi connectivity index (χ3n) is 4.94. The lowest BCUT2D eigenvalue weighted by atomic mass is 9.90. The van der Waals surface area contributed by atoms with Crippen molar-refractivity contribution in [3.8, 4) is 0 Å². The highest BCUT2D eigenvalue weighted by Gasteiger charge is 2.30. The van der Waals surface area contributed by atoms with Gasteiger partial charge >= 0.3 is 0 Å². The van der Waals surface area contributed by atoms with E-state index in [4.69, 9.17) is 4.42 Å². The highest BCUT2D eigenvalue weighted by Crippen LogP contribution is 2.53.